The molecule has 0 bridgehead atoms. The zero-order chi connectivity index (χ0) is 14.1. The van der Waals surface area contributed by atoms with Gasteiger partial charge in [0.2, 0.25) is 5.91 Å². The fourth-order valence-electron chi connectivity index (χ4n) is 1.95. The predicted molar refractivity (Wildman–Crippen MR) is 74.5 cm³/mol. The minimum atomic E-state index is -0.501. The first-order valence-corrected chi connectivity index (χ1v) is 6.01. The molecule has 0 spiro atoms. The molecule has 0 saturated carbocycles. The van der Waals surface area contributed by atoms with E-state index in [0.29, 0.717) is 17.0 Å². The number of amides is 1. The third-order valence-corrected chi connectivity index (χ3v) is 3.03. The number of benzene rings is 1. The molecule has 0 saturated heterocycles. The molecule has 0 radical (unpaired) electrons. The smallest absolute Gasteiger partial charge is 0.250 e. The number of nitrogens with two attached hydrogens (primary N) is 1. The molecule has 3 aromatic rings. The van der Waals surface area contributed by atoms with E-state index < -0.39 is 5.91 Å². The zero-order valence-corrected chi connectivity index (χ0v) is 10.8. The average Bonchev–Trinajstić information content (AvgIpc) is 2.90. The standard InChI is InChI=1S/C15H12N2O3/c1-19-11-4-2-9-6-14(20-13(9)7-11)12-5-3-10(8-17-12)15(16)18/h2-8H,1H3,(H2,16,18). The Morgan fingerprint density at radius 3 is 2.75 bits per heavy atom. The highest BCUT2D eigenvalue weighted by molar-refractivity contribution is 5.92. The van der Waals surface area contributed by atoms with Crippen molar-refractivity contribution in [2.24, 2.45) is 5.73 Å². The number of methoxy groups -OCH3 is 1. The zero-order valence-electron chi connectivity index (χ0n) is 10.8. The molecule has 0 atom stereocenters. The molecule has 5 heteroatoms. The summed E-state index contributed by atoms with van der Waals surface area (Å²) in [5.74, 6) is 0.859. The summed E-state index contributed by atoms with van der Waals surface area (Å²) in [4.78, 5) is 15.2. The second kappa shape index (κ2) is 4.70. The number of hydrogen-bond acceptors (Lipinski definition) is 4. The Bertz CT molecular complexity index is 775. The highest BCUT2D eigenvalue weighted by Crippen LogP contribution is 2.29. The molecule has 3 rings (SSSR count). The van der Waals surface area contributed by atoms with E-state index in [1.54, 1.807) is 19.2 Å². The van der Waals surface area contributed by atoms with Crippen LogP contribution in [0.3, 0.4) is 0 Å². The number of carbonyl (C=O) groups excluding carboxylic acids is 1. The molecule has 0 aliphatic rings. The van der Waals surface area contributed by atoms with Crippen molar-refractivity contribution in [1.82, 2.24) is 4.98 Å². The molecule has 0 fully saturated rings. The van der Waals surface area contributed by atoms with Gasteiger partial charge in [0, 0.05) is 17.6 Å². The number of fused-ring (bicyclic) bond motifs is 1. The maximum absolute atomic E-state index is 11.0. The Morgan fingerprint density at radius 1 is 1.25 bits per heavy atom. The summed E-state index contributed by atoms with van der Waals surface area (Å²) in [5, 5.41) is 0.960. The Morgan fingerprint density at radius 2 is 2.10 bits per heavy atom. The fourth-order valence-corrected chi connectivity index (χ4v) is 1.95. The van der Waals surface area contributed by atoms with Gasteiger partial charge in [-0.2, -0.15) is 0 Å². The molecule has 20 heavy (non-hydrogen) atoms. The van der Waals surface area contributed by atoms with Crippen LogP contribution in [0.25, 0.3) is 22.4 Å². The number of hydrogen-bond donors (Lipinski definition) is 1. The summed E-state index contributed by atoms with van der Waals surface area (Å²) in [5.41, 5.74) is 6.91. The second-order valence-corrected chi connectivity index (χ2v) is 4.31. The van der Waals surface area contributed by atoms with E-state index >= 15 is 0 Å². The lowest BCUT2D eigenvalue weighted by atomic mass is 10.2. The van der Waals surface area contributed by atoms with Crippen molar-refractivity contribution < 1.29 is 13.9 Å². The predicted octanol–water partition coefficient (Wildman–Crippen LogP) is 2.60. The molecule has 0 aliphatic carbocycles. The molecule has 5 nitrogen and oxygen atoms in total. The van der Waals surface area contributed by atoms with Crippen LogP contribution in [0.15, 0.2) is 47.0 Å². The van der Waals surface area contributed by atoms with Crippen LogP contribution in [0, 0.1) is 0 Å². The number of furan rings is 1. The van der Waals surface area contributed by atoms with Crippen LogP contribution in [0.5, 0.6) is 5.75 Å². The van der Waals surface area contributed by atoms with Gasteiger partial charge < -0.3 is 14.9 Å². The van der Waals surface area contributed by atoms with Crippen molar-refractivity contribution in [2.45, 2.75) is 0 Å². The molecule has 1 amide bonds. The summed E-state index contributed by atoms with van der Waals surface area (Å²) >= 11 is 0. The van der Waals surface area contributed by atoms with Crippen LogP contribution in [0.2, 0.25) is 0 Å². The number of aromatic nitrogens is 1. The summed E-state index contributed by atoms with van der Waals surface area (Å²) in [7, 11) is 1.61. The summed E-state index contributed by atoms with van der Waals surface area (Å²) in [6.07, 6.45) is 1.44. The molecule has 100 valence electrons. The topological polar surface area (TPSA) is 78.4 Å². The molecular weight excluding hydrogens is 256 g/mol. The quantitative estimate of drug-likeness (QED) is 0.792. The Balaban J connectivity index is 2.03. The summed E-state index contributed by atoms with van der Waals surface area (Å²) in [6.45, 7) is 0. The van der Waals surface area contributed by atoms with E-state index in [9.17, 15) is 4.79 Å². The van der Waals surface area contributed by atoms with Crippen LogP contribution in [0.4, 0.5) is 0 Å². The van der Waals surface area contributed by atoms with Gasteiger partial charge in [0.15, 0.2) is 5.76 Å². The molecule has 0 aliphatic heterocycles. The first-order valence-electron chi connectivity index (χ1n) is 6.01. The van der Waals surface area contributed by atoms with E-state index in [-0.39, 0.29) is 0 Å². The van der Waals surface area contributed by atoms with E-state index in [4.69, 9.17) is 14.9 Å². The highest BCUT2D eigenvalue weighted by Gasteiger charge is 2.09. The largest absolute Gasteiger partial charge is 0.497 e. The Labute approximate surface area is 115 Å². The molecular formula is C15H12N2O3. The Hall–Kier alpha value is -2.82. The van der Waals surface area contributed by atoms with E-state index in [2.05, 4.69) is 4.98 Å². The van der Waals surface area contributed by atoms with Gasteiger partial charge in [-0.15, -0.1) is 0 Å². The van der Waals surface area contributed by atoms with E-state index in [1.807, 2.05) is 24.3 Å². The van der Waals surface area contributed by atoms with Crippen molar-refractivity contribution in [3.05, 3.63) is 48.2 Å². The highest BCUT2D eigenvalue weighted by atomic mass is 16.5. The number of primary amides is 1. The van der Waals surface area contributed by atoms with Crippen LogP contribution < -0.4 is 10.5 Å². The van der Waals surface area contributed by atoms with Crippen LogP contribution in [-0.4, -0.2) is 18.0 Å². The van der Waals surface area contributed by atoms with Crippen LogP contribution in [-0.2, 0) is 0 Å². The van der Waals surface area contributed by atoms with Gasteiger partial charge in [-0.05, 0) is 30.3 Å². The van der Waals surface area contributed by atoms with Gasteiger partial charge in [0.1, 0.15) is 17.0 Å². The molecule has 1 aromatic carbocycles. The number of nitrogens with zero attached hydrogens (tertiary/aromatic N) is 1. The van der Waals surface area contributed by atoms with E-state index in [1.165, 1.54) is 6.20 Å². The fraction of sp³-hybridized carbons (Fsp3) is 0.0667. The third-order valence-electron chi connectivity index (χ3n) is 3.03. The number of ether oxygens (including phenoxy) is 1. The van der Waals surface area contributed by atoms with E-state index in [0.717, 1.165) is 16.7 Å². The molecule has 2 N–H and O–H groups in total. The molecule has 2 aromatic heterocycles. The van der Waals surface area contributed by atoms with Crippen molar-refractivity contribution in [3.63, 3.8) is 0 Å². The van der Waals surface area contributed by atoms with Crippen molar-refractivity contribution in [2.75, 3.05) is 7.11 Å². The van der Waals surface area contributed by atoms with Crippen LogP contribution >= 0.6 is 0 Å². The van der Waals surface area contributed by atoms with Gasteiger partial charge in [-0.3, -0.25) is 9.78 Å². The lowest BCUT2D eigenvalue weighted by molar-refractivity contribution is 0.1000. The van der Waals surface area contributed by atoms with Gasteiger partial charge in [0.05, 0.1) is 12.7 Å². The maximum atomic E-state index is 11.0. The Kier molecular flexibility index (Phi) is 2.87. The van der Waals surface area contributed by atoms with Gasteiger partial charge in [-0.25, -0.2) is 0 Å². The second-order valence-electron chi connectivity index (χ2n) is 4.31. The van der Waals surface area contributed by atoms with Crippen LogP contribution in [0.1, 0.15) is 10.4 Å². The minimum Gasteiger partial charge on any atom is -0.497 e. The SMILES string of the molecule is COc1ccc2cc(-c3ccc(C(N)=O)cn3)oc2c1. The lowest BCUT2D eigenvalue weighted by Crippen LogP contribution is -2.10. The van der Waals surface area contributed by atoms with Crippen molar-refractivity contribution in [3.8, 4) is 17.2 Å². The lowest BCUT2D eigenvalue weighted by Gasteiger charge is -1.98. The van der Waals surface area contributed by atoms with Gasteiger partial charge in [0.25, 0.3) is 0 Å². The summed E-state index contributed by atoms with van der Waals surface area (Å²) < 4.78 is 10.9. The van der Waals surface area contributed by atoms with Crippen molar-refractivity contribution >= 4 is 16.9 Å². The monoisotopic (exact) mass is 268 g/mol. The third kappa shape index (κ3) is 2.09. The molecule has 2 heterocycles. The van der Waals surface area contributed by atoms with Crippen molar-refractivity contribution in [1.29, 1.82) is 0 Å². The molecule has 0 unspecified atom stereocenters. The number of pyridine rings is 1. The first-order chi connectivity index (χ1) is 9.67. The first kappa shape index (κ1) is 12.2. The number of rotatable bonds is 3. The number of carbonyl (C=O) groups is 1. The normalized spacial score (nSPS) is 10.7. The van der Waals surface area contributed by atoms with Gasteiger partial charge >= 0.3 is 0 Å². The summed E-state index contributed by atoms with van der Waals surface area (Å²) in [6, 6.07) is 10.8. The minimum absolute atomic E-state index is 0.367. The average molecular weight is 268 g/mol. The maximum Gasteiger partial charge on any atom is 0.250 e. The van der Waals surface area contributed by atoms with Gasteiger partial charge in [-0.1, -0.05) is 0 Å².